The Labute approximate surface area is 86.1 Å². The van der Waals surface area contributed by atoms with Crippen LogP contribution in [-0.4, -0.2) is 12.9 Å². The summed E-state index contributed by atoms with van der Waals surface area (Å²) >= 11 is 1.57. The zero-order chi connectivity index (χ0) is 10.1. The van der Waals surface area contributed by atoms with Crippen LogP contribution < -0.4 is 4.74 Å². The van der Waals surface area contributed by atoms with Crippen LogP contribution in [0.2, 0.25) is 0 Å². The van der Waals surface area contributed by atoms with Gasteiger partial charge in [0.1, 0.15) is 5.75 Å². The van der Waals surface area contributed by atoms with Crippen LogP contribution in [-0.2, 0) is 0 Å². The second kappa shape index (κ2) is 3.42. The van der Waals surface area contributed by atoms with Gasteiger partial charge in [0, 0.05) is 15.6 Å². The Morgan fingerprint density at radius 2 is 2.14 bits per heavy atom. The lowest BCUT2D eigenvalue weighted by molar-refractivity contribution is 0.101. The van der Waals surface area contributed by atoms with Crippen molar-refractivity contribution in [1.29, 1.82) is 0 Å². The third kappa shape index (κ3) is 1.30. The molecule has 1 aromatic heterocycles. The number of methoxy groups -OCH3 is 1. The number of hydrogen-bond acceptors (Lipinski definition) is 3. The van der Waals surface area contributed by atoms with Gasteiger partial charge in [0.25, 0.3) is 0 Å². The second-order valence-corrected chi connectivity index (χ2v) is 3.95. The molecule has 3 heteroatoms. The Bertz CT molecular complexity index is 485. The molecule has 0 saturated carbocycles. The van der Waals surface area contributed by atoms with Crippen LogP contribution in [0.3, 0.4) is 0 Å². The number of ketones is 1. The van der Waals surface area contributed by atoms with Crippen molar-refractivity contribution in [2.75, 3.05) is 7.11 Å². The van der Waals surface area contributed by atoms with Crippen molar-refractivity contribution >= 4 is 27.2 Å². The fourth-order valence-electron chi connectivity index (χ4n) is 1.49. The molecule has 0 bridgehead atoms. The molecule has 0 N–H and O–H groups in total. The lowest BCUT2D eigenvalue weighted by Crippen LogP contribution is -1.92. The van der Waals surface area contributed by atoms with Gasteiger partial charge in [-0.25, -0.2) is 0 Å². The number of Topliss-reactive ketones (excluding diaryl/α,β-unsaturated/α-hetero) is 1. The molecule has 2 nitrogen and oxygen atoms in total. The average molecular weight is 206 g/mol. The van der Waals surface area contributed by atoms with Gasteiger partial charge in [-0.2, -0.15) is 0 Å². The van der Waals surface area contributed by atoms with E-state index < -0.39 is 0 Å². The minimum Gasteiger partial charge on any atom is -0.496 e. The van der Waals surface area contributed by atoms with Gasteiger partial charge in [0.05, 0.1) is 7.11 Å². The summed E-state index contributed by atoms with van der Waals surface area (Å²) in [4.78, 5) is 11.3. The molecule has 0 spiro atoms. The molecule has 0 radical (unpaired) electrons. The summed E-state index contributed by atoms with van der Waals surface area (Å²) in [6.07, 6.45) is 0. The SMILES string of the molecule is COc1ccc(C(C)=O)c2sccc12. The highest BCUT2D eigenvalue weighted by Crippen LogP contribution is 2.32. The summed E-state index contributed by atoms with van der Waals surface area (Å²) in [5.74, 6) is 0.923. The van der Waals surface area contributed by atoms with E-state index in [-0.39, 0.29) is 5.78 Å². The van der Waals surface area contributed by atoms with E-state index in [4.69, 9.17) is 4.74 Å². The molecule has 2 rings (SSSR count). The van der Waals surface area contributed by atoms with E-state index in [2.05, 4.69) is 0 Å². The van der Waals surface area contributed by atoms with Gasteiger partial charge < -0.3 is 4.74 Å². The molecule has 0 atom stereocenters. The minimum atomic E-state index is 0.0973. The Morgan fingerprint density at radius 1 is 1.36 bits per heavy atom. The van der Waals surface area contributed by atoms with Gasteiger partial charge in [0.15, 0.2) is 5.78 Å². The van der Waals surface area contributed by atoms with E-state index in [0.717, 1.165) is 21.4 Å². The maximum absolute atomic E-state index is 11.3. The first-order chi connectivity index (χ1) is 6.74. The number of fused-ring (bicyclic) bond motifs is 1. The smallest absolute Gasteiger partial charge is 0.161 e. The number of carbonyl (C=O) groups is 1. The minimum absolute atomic E-state index is 0.0973. The summed E-state index contributed by atoms with van der Waals surface area (Å²) in [7, 11) is 1.64. The Hall–Kier alpha value is -1.35. The van der Waals surface area contributed by atoms with Gasteiger partial charge in [0.2, 0.25) is 0 Å². The summed E-state index contributed by atoms with van der Waals surface area (Å²) in [5, 5.41) is 2.99. The standard InChI is InChI=1S/C11H10O2S/c1-7(12)8-3-4-10(13-2)9-5-6-14-11(8)9/h3-6H,1-2H3. The highest BCUT2D eigenvalue weighted by molar-refractivity contribution is 7.17. The molecule has 72 valence electrons. The maximum atomic E-state index is 11.3. The maximum Gasteiger partial charge on any atom is 0.161 e. The molecule has 0 saturated heterocycles. The van der Waals surface area contributed by atoms with Crippen molar-refractivity contribution in [3.63, 3.8) is 0 Å². The molecule has 0 amide bonds. The lowest BCUT2D eigenvalue weighted by Gasteiger charge is -2.03. The molecule has 1 aromatic carbocycles. The highest BCUT2D eigenvalue weighted by atomic mass is 32.1. The van der Waals surface area contributed by atoms with Crippen LogP contribution in [0.25, 0.3) is 10.1 Å². The van der Waals surface area contributed by atoms with Crippen LogP contribution in [0.1, 0.15) is 17.3 Å². The van der Waals surface area contributed by atoms with Crippen molar-refractivity contribution in [2.45, 2.75) is 6.92 Å². The van der Waals surface area contributed by atoms with E-state index >= 15 is 0 Å². The zero-order valence-corrected chi connectivity index (χ0v) is 8.85. The van der Waals surface area contributed by atoms with Crippen molar-refractivity contribution in [3.8, 4) is 5.75 Å². The Morgan fingerprint density at radius 3 is 2.79 bits per heavy atom. The molecule has 0 unspecified atom stereocenters. The number of hydrogen-bond donors (Lipinski definition) is 0. The largest absolute Gasteiger partial charge is 0.496 e. The van der Waals surface area contributed by atoms with E-state index in [1.54, 1.807) is 25.4 Å². The van der Waals surface area contributed by atoms with Crippen LogP contribution in [0.15, 0.2) is 23.6 Å². The van der Waals surface area contributed by atoms with Gasteiger partial charge in [-0.15, -0.1) is 11.3 Å². The molecule has 2 aromatic rings. The summed E-state index contributed by atoms with van der Waals surface area (Å²) in [5.41, 5.74) is 0.774. The summed E-state index contributed by atoms with van der Waals surface area (Å²) in [6, 6.07) is 5.64. The van der Waals surface area contributed by atoms with Crippen molar-refractivity contribution in [3.05, 3.63) is 29.1 Å². The number of ether oxygens (including phenoxy) is 1. The monoisotopic (exact) mass is 206 g/mol. The first kappa shape index (κ1) is 9.21. The zero-order valence-electron chi connectivity index (χ0n) is 8.03. The molecule has 0 aliphatic rings. The van der Waals surface area contributed by atoms with Crippen LogP contribution in [0.4, 0.5) is 0 Å². The number of carbonyl (C=O) groups excluding carboxylic acids is 1. The number of benzene rings is 1. The predicted octanol–water partition coefficient (Wildman–Crippen LogP) is 3.11. The molecule has 0 aliphatic heterocycles. The van der Waals surface area contributed by atoms with Gasteiger partial charge in [-0.3, -0.25) is 4.79 Å². The molecular formula is C11H10O2S. The lowest BCUT2D eigenvalue weighted by atomic mass is 10.1. The van der Waals surface area contributed by atoms with E-state index in [0.29, 0.717) is 0 Å². The Balaban J connectivity index is 2.78. The van der Waals surface area contributed by atoms with E-state index in [1.807, 2.05) is 23.6 Å². The average Bonchev–Trinajstić information content (AvgIpc) is 2.64. The van der Waals surface area contributed by atoms with E-state index in [1.165, 1.54) is 0 Å². The molecule has 0 fully saturated rings. The molecule has 0 aliphatic carbocycles. The highest BCUT2D eigenvalue weighted by Gasteiger charge is 2.10. The van der Waals surface area contributed by atoms with Crippen LogP contribution >= 0.6 is 11.3 Å². The molecule has 1 heterocycles. The third-order valence-electron chi connectivity index (χ3n) is 2.18. The molecule has 14 heavy (non-hydrogen) atoms. The molecular weight excluding hydrogens is 196 g/mol. The van der Waals surface area contributed by atoms with Crippen molar-refractivity contribution in [1.82, 2.24) is 0 Å². The topological polar surface area (TPSA) is 26.3 Å². The van der Waals surface area contributed by atoms with Gasteiger partial charge in [-0.05, 0) is 30.5 Å². The third-order valence-corrected chi connectivity index (χ3v) is 3.12. The predicted molar refractivity (Wildman–Crippen MR) is 58.4 cm³/mol. The normalized spacial score (nSPS) is 10.4. The van der Waals surface area contributed by atoms with Crippen molar-refractivity contribution in [2.24, 2.45) is 0 Å². The summed E-state index contributed by atoms with van der Waals surface area (Å²) in [6.45, 7) is 1.58. The Kier molecular flexibility index (Phi) is 2.25. The van der Waals surface area contributed by atoms with Gasteiger partial charge >= 0.3 is 0 Å². The van der Waals surface area contributed by atoms with Gasteiger partial charge in [-0.1, -0.05) is 0 Å². The fraction of sp³-hybridized carbons (Fsp3) is 0.182. The fourth-order valence-corrected chi connectivity index (χ4v) is 2.47. The first-order valence-electron chi connectivity index (χ1n) is 4.29. The summed E-state index contributed by atoms with van der Waals surface area (Å²) < 4.78 is 6.23. The van der Waals surface area contributed by atoms with Crippen LogP contribution in [0.5, 0.6) is 5.75 Å². The number of thiophene rings is 1. The first-order valence-corrected chi connectivity index (χ1v) is 5.17. The van der Waals surface area contributed by atoms with E-state index in [9.17, 15) is 4.79 Å². The second-order valence-electron chi connectivity index (χ2n) is 3.03. The number of rotatable bonds is 2. The quantitative estimate of drug-likeness (QED) is 0.706. The van der Waals surface area contributed by atoms with Crippen LogP contribution in [0, 0.1) is 0 Å². The van der Waals surface area contributed by atoms with Crippen molar-refractivity contribution < 1.29 is 9.53 Å².